The van der Waals surface area contributed by atoms with Crippen molar-refractivity contribution >= 4 is 11.8 Å². The molecule has 0 amide bonds. The zero-order chi connectivity index (χ0) is 10.2. The third-order valence-corrected chi connectivity index (χ3v) is 2.50. The van der Waals surface area contributed by atoms with Crippen molar-refractivity contribution in [1.82, 2.24) is 5.32 Å². The van der Waals surface area contributed by atoms with Gasteiger partial charge in [0.1, 0.15) is 0 Å². The first kappa shape index (κ1) is 13.2. The molecule has 0 aromatic carbocycles. The van der Waals surface area contributed by atoms with Gasteiger partial charge in [-0.2, -0.15) is 11.8 Å². The number of rotatable bonds is 8. The summed E-state index contributed by atoms with van der Waals surface area (Å²) in [7, 11) is 0. The second-order valence-corrected chi connectivity index (χ2v) is 4.52. The molecule has 0 aliphatic rings. The Balaban J connectivity index is 3.16. The fourth-order valence-electron chi connectivity index (χ4n) is 0.910. The Morgan fingerprint density at radius 2 is 2.08 bits per heavy atom. The van der Waals surface area contributed by atoms with Crippen LogP contribution in [0, 0.1) is 0 Å². The maximum Gasteiger partial charge on any atom is 0.0972 e. The maximum atomic E-state index is 9.41. The predicted molar refractivity (Wildman–Crippen MR) is 58.2 cm³/mol. The van der Waals surface area contributed by atoms with Crippen molar-refractivity contribution in [2.24, 2.45) is 0 Å². The minimum Gasteiger partial charge on any atom is -0.393 e. The third-order valence-electron chi connectivity index (χ3n) is 1.80. The van der Waals surface area contributed by atoms with Gasteiger partial charge in [-0.3, -0.25) is 0 Å². The van der Waals surface area contributed by atoms with E-state index >= 15 is 0 Å². The Hall–Kier alpha value is 0.230. The van der Waals surface area contributed by atoms with Crippen LogP contribution in [0.3, 0.4) is 0 Å². The quantitative estimate of drug-likeness (QED) is 0.506. The van der Waals surface area contributed by atoms with Crippen molar-refractivity contribution in [3.05, 3.63) is 0 Å². The van der Waals surface area contributed by atoms with Crippen molar-refractivity contribution in [3.8, 4) is 0 Å². The highest BCUT2D eigenvalue weighted by Gasteiger charge is 2.17. The van der Waals surface area contributed by atoms with E-state index in [1.165, 1.54) is 12.2 Å². The predicted octanol–water partition coefficient (Wildman–Crippen LogP) is 0.462. The van der Waals surface area contributed by atoms with E-state index in [1.54, 1.807) is 6.92 Å². The lowest BCUT2D eigenvalue weighted by Gasteiger charge is -2.20. The first-order chi connectivity index (χ1) is 6.12. The van der Waals surface area contributed by atoms with Crippen molar-refractivity contribution < 1.29 is 10.2 Å². The average Bonchev–Trinajstić information content (AvgIpc) is 2.11. The number of hydrogen-bond donors (Lipinski definition) is 3. The topological polar surface area (TPSA) is 52.5 Å². The number of nitrogens with one attached hydrogen (secondary N) is 1. The van der Waals surface area contributed by atoms with Gasteiger partial charge in [-0.05, 0) is 38.3 Å². The van der Waals surface area contributed by atoms with E-state index < -0.39 is 5.60 Å². The van der Waals surface area contributed by atoms with Crippen LogP contribution in [0.1, 0.15) is 19.8 Å². The van der Waals surface area contributed by atoms with Gasteiger partial charge in [-0.25, -0.2) is 0 Å². The molecule has 3 nitrogen and oxygen atoms in total. The van der Waals surface area contributed by atoms with E-state index in [0.29, 0.717) is 6.54 Å². The number of aliphatic hydroxyl groups excluding tert-OH is 1. The van der Waals surface area contributed by atoms with E-state index in [-0.39, 0.29) is 6.61 Å². The van der Waals surface area contributed by atoms with Crippen LogP contribution >= 0.6 is 11.8 Å². The van der Waals surface area contributed by atoms with Crippen molar-refractivity contribution in [3.63, 3.8) is 0 Å². The van der Waals surface area contributed by atoms with Gasteiger partial charge < -0.3 is 15.5 Å². The summed E-state index contributed by atoms with van der Waals surface area (Å²) in [6.07, 6.45) is 4.43. The molecule has 0 aromatic rings. The molecule has 3 N–H and O–H groups in total. The molecule has 0 aliphatic carbocycles. The Morgan fingerprint density at radius 3 is 2.62 bits per heavy atom. The molecule has 0 fully saturated rings. The average molecular weight is 207 g/mol. The van der Waals surface area contributed by atoms with E-state index in [0.717, 1.165) is 13.0 Å². The highest BCUT2D eigenvalue weighted by molar-refractivity contribution is 7.98. The Morgan fingerprint density at radius 1 is 1.38 bits per heavy atom. The standard InChI is InChI=1S/C9H21NO2S/c1-9(12,8-11)7-10-5-3-4-6-13-2/h10-12H,3-8H2,1-2H3. The van der Waals surface area contributed by atoms with Crippen LogP contribution in [0.2, 0.25) is 0 Å². The highest BCUT2D eigenvalue weighted by Crippen LogP contribution is 2.00. The molecule has 0 radical (unpaired) electrons. The lowest BCUT2D eigenvalue weighted by molar-refractivity contribution is 0.00289. The summed E-state index contributed by atoms with van der Waals surface area (Å²) in [5.41, 5.74) is -0.973. The van der Waals surface area contributed by atoms with Crippen molar-refractivity contribution in [1.29, 1.82) is 0 Å². The van der Waals surface area contributed by atoms with Crippen LogP contribution in [0.5, 0.6) is 0 Å². The van der Waals surface area contributed by atoms with Gasteiger partial charge in [0.25, 0.3) is 0 Å². The molecule has 0 saturated heterocycles. The SMILES string of the molecule is CSCCCCNCC(C)(O)CO. The van der Waals surface area contributed by atoms with Gasteiger partial charge in [-0.1, -0.05) is 0 Å². The van der Waals surface area contributed by atoms with E-state index in [9.17, 15) is 5.11 Å². The van der Waals surface area contributed by atoms with Gasteiger partial charge in [-0.15, -0.1) is 0 Å². The van der Waals surface area contributed by atoms with E-state index in [4.69, 9.17) is 5.11 Å². The molecular formula is C9H21NO2S. The summed E-state index contributed by atoms with van der Waals surface area (Å²) in [5.74, 6) is 1.19. The minimum atomic E-state index is -0.973. The largest absolute Gasteiger partial charge is 0.393 e. The summed E-state index contributed by atoms with van der Waals surface area (Å²) >= 11 is 1.85. The summed E-state index contributed by atoms with van der Waals surface area (Å²) in [4.78, 5) is 0. The van der Waals surface area contributed by atoms with Crippen molar-refractivity contribution in [2.75, 3.05) is 31.7 Å². The second-order valence-electron chi connectivity index (χ2n) is 3.53. The highest BCUT2D eigenvalue weighted by atomic mass is 32.2. The maximum absolute atomic E-state index is 9.41. The summed E-state index contributed by atoms with van der Waals surface area (Å²) < 4.78 is 0. The Bertz CT molecular complexity index is 120. The molecule has 1 unspecified atom stereocenters. The number of hydrogen-bond acceptors (Lipinski definition) is 4. The van der Waals surface area contributed by atoms with Crippen LogP contribution < -0.4 is 5.32 Å². The Labute approximate surface area is 84.9 Å². The van der Waals surface area contributed by atoms with Gasteiger partial charge in [0.2, 0.25) is 0 Å². The molecule has 0 spiro atoms. The molecule has 13 heavy (non-hydrogen) atoms. The molecular weight excluding hydrogens is 186 g/mol. The van der Waals surface area contributed by atoms with Crippen LogP contribution in [-0.4, -0.2) is 47.5 Å². The summed E-state index contributed by atoms with van der Waals surface area (Å²) in [6, 6.07) is 0. The van der Waals surface area contributed by atoms with Gasteiger partial charge in [0.15, 0.2) is 0 Å². The monoisotopic (exact) mass is 207 g/mol. The molecule has 1 atom stereocenters. The zero-order valence-corrected chi connectivity index (χ0v) is 9.36. The molecule has 4 heteroatoms. The lowest BCUT2D eigenvalue weighted by atomic mass is 10.1. The number of aliphatic hydroxyl groups is 2. The van der Waals surface area contributed by atoms with Crippen LogP contribution in [-0.2, 0) is 0 Å². The number of unbranched alkanes of at least 4 members (excludes halogenated alkanes) is 1. The van der Waals surface area contributed by atoms with Crippen LogP contribution in [0.15, 0.2) is 0 Å². The summed E-state index contributed by atoms with van der Waals surface area (Å²) in [5, 5.41) is 21.3. The van der Waals surface area contributed by atoms with Gasteiger partial charge in [0.05, 0.1) is 12.2 Å². The fraction of sp³-hybridized carbons (Fsp3) is 1.00. The lowest BCUT2D eigenvalue weighted by Crippen LogP contribution is -2.41. The molecule has 0 bridgehead atoms. The molecule has 80 valence electrons. The number of thioether (sulfide) groups is 1. The second kappa shape index (κ2) is 7.62. The van der Waals surface area contributed by atoms with Crippen LogP contribution in [0.4, 0.5) is 0 Å². The smallest absolute Gasteiger partial charge is 0.0972 e. The van der Waals surface area contributed by atoms with E-state index in [2.05, 4.69) is 11.6 Å². The zero-order valence-electron chi connectivity index (χ0n) is 8.55. The minimum absolute atomic E-state index is 0.190. The van der Waals surface area contributed by atoms with Crippen LogP contribution in [0.25, 0.3) is 0 Å². The molecule has 0 saturated carbocycles. The molecule has 0 rings (SSSR count). The Kier molecular flexibility index (Phi) is 7.75. The van der Waals surface area contributed by atoms with Crippen molar-refractivity contribution in [2.45, 2.75) is 25.4 Å². The van der Waals surface area contributed by atoms with Gasteiger partial charge in [0, 0.05) is 6.54 Å². The first-order valence-corrected chi connectivity index (χ1v) is 6.04. The normalized spacial score (nSPS) is 15.7. The van der Waals surface area contributed by atoms with Gasteiger partial charge >= 0.3 is 0 Å². The van der Waals surface area contributed by atoms with E-state index in [1.807, 2.05) is 11.8 Å². The first-order valence-electron chi connectivity index (χ1n) is 4.65. The fourth-order valence-corrected chi connectivity index (χ4v) is 1.40. The summed E-state index contributed by atoms with van der Waals surface area (Å²) in [6.45, 7) is 2.81. The molecule has 0 heterocycles. The molecule has 0 aliphatic heterocycles. The third kappa shape index (κ3) is 8.56. The molecule has 0 aromatic heterocycles.